The van der Waals surface area contributed by atoms with Gasteiger partial charge in [0, 0.05) is 11.9 Å². The van der Waals surface area contributed by atoms with E-state index in [1.807, 2.05) is 0 Å². The van der Waals surface area contributed by atoms with E-state index in [-0.39, 0.29) is 0 Å². The van der Waals surface area contributed by atoms with Crippen molar-refractivity contribution >= 4 is 15.4 Å². The number of nitrogen functional groups attached to an aromatic ring is 1. The van der Waals surface area contributed by atoms with Gasteiger partial charge in [0.2, 0.25) is 0 Å². The molecule has 0 heterocycles. The van der Waals surface area contributed by atoms with Crippen LogP contribution in [0.3, 0.4) is 0 Å². The Bertz CT molecular complexity index is 396. The minimum absolute atomic E-state index is 0.530. The van der Waals surface area contributed by atoms with Crippen molar-refractivity contribution in [2.75, 3.05) is 12.0 Å². The van der Waals surface area contributed by atoms with Crippen LogP contribution in [0.2, 0.25) is 0 Å². The van der Waals surface area contributed by atoms with Crippen molar-refractivity contribution in [1.29, 1.82) is 4.78 Å². The Hall–Kier alpha value is -1.03. The van der Waals surface area contributed by atoms with E-state index in [0.29, 0.717) is 10.6 Å². The number of rotatable bonds is 1. The van der Waals surface area contributed by atoms with Gasteiger partial charge in [-0.1, -0.05) is 6.07 Å². The van der Waals surface area contributed by atoms with Gasteiger partial charge in [-0.05, 0) is 24.6 Å². The fraction of sp³-hybridized carbons (Fsp3) is 0.250. The first-order chi connectivity index (χ1) is 5.43. The SMILES string of the molecule is Cc1c(N)cccc1S(C)(=N)=O. The van der Waals surface area contributed by atoms with Gasteiger partial charge >= 0.3 is 0 Å². The fourth-order valence-electron chi connectivity index (χ4n) is 1.05. The second-order valence-corrected chi connectivity index (χ2v) is 4.94. The predicted octanol–water partition coefficient (Wildman–Crippen LogP) is 1.61. The first kappa shape index (κ1) is 9.06. The summed E-state index contributed by atoms with van der Waals surface area (Å²) in [7, 11) is -2.64. The smallest absolute Gasteiger partial charge is 0.0700 e. The number of anilines is 1. The van der Waals surface area contributed by atoms with Crippen LogP contribution in [0.4, 0.5) is 5.69 Å². The number of hydrogen-bond acceptors (Lipinski definition) is 3. The zero-order chi connectivity index (χ0) is 9.35. The van der Waals surface area contributed by atoms with E-state index in [9.17, 15) is 4.21 Å². The van der Waals surface area contributed by atoms with Gasteiger partial charge in [-0.15, -0.1) is 0 Å². The van der Waals surface area contributed by atoms with Crippen LogP contribution < -0.4 is 5.73 Å². The minimum atomic E-state index is -2.64. The van der Waals surface area contributed by atoms with Crippen LogP contribution in [0.25, 0.3) is 0 Å². The molecule has 1 atom stereocenters. The highest BCUT2D eigenvalue weighted by atomic mass is 32.2. The van der Waals surface area contributed by atoms with Crippen LogP contribution in [0.1, 0.15) is 5.56 Å². The van der Waals surface area contributed by atoms with Gasteiger partial charge in [0.25, 0.3) is 0 Å². The lowest BCUT2D eigenvalue weighted by Crippen LogP contribution is -2.00. The van der Waals surface area contributed by atoms with E-state index in [4.69, 9.17) is 10.5 Å². The molecule has 12 heavy (non-hydrogen) atoms. The molecule has 66 valence electrons. The van der Waals surface area contributed by atoms with E-state index >= 15 is 0 Å². The summed E-state index contributed by atoms with van der Waals surface area (Å²) in [5, 5.41) is 0. The van der Waals surface area contributed by atoms with Crippen molar-refractivity contribution < 1.29 is 4.21 Å². The zero-order valence-electron chi connectivity index (χ0n) is 7.13. The summed E-state index contributed by atoms with van der Waals surface area (Å²) in [6.07, 6.45) is 1.40. The third-order valence-electron chi connectivity index (χ3n) is 1.75. The number of nitrogens with one attached hydrogen (secondary N) is 1. The summed E-state index contributed by atoms with van der Waals surface area (Å²) in [6, 6.07) is 5.14. The first-order valence-corrected chi connectivity index (χ1v) is 5.48. The van der Waals surface area contributed by atoms with Gasteiger partial charge < -0.3 is 5.73 Å². The molecule has 1 rings (SSSR count). The normalized spacial score (nSPS) is 15.5. The van der Waals surface area contributed by atoms with Crippen LogP contribution in [0, 0.1) is 11.7 Å². The lowest BCUT2D eigenvalue weighted by atomic mass is 10.2. The molecular formula is C8H12N2OS. The van der Waals surface area contributed by atoms with Crippen molar-refractivity contribution in [2.45, 2.75) is 11.8 Å². The Kier molecular flexibility index (Phi) is 2.10. The Morgan fingerprint density at radius 1 is 1.50 bits per heavy atom. The van der Waals surface area contributed by atoms with Crippen molar-refractivity contribution in [3.05, 3.63) is 23.8 Å². The summed E-state index contributed by atoms with van der Waals surface area (Å²) in [5.74, 6) is 0. The van der Waals surface area contributed by atoms with E-state index in [1.165, 1.54) is 6.26 Å². The molecule has 0 radical (unpaired) electrons. The van der Waals surface area contributed by atoms with E-state index in [0.717, 1.165) is 5.56 Å². The molecule has 0 saturated heterocycles. The van der Waals surface area contributed by atoms with Crippen LogP contribution >= 0.6 is 0 Å². The first-order valence-electron chi connectivity index (χ1n) is 3.52. The summed E-state index contributed by atoms with van der Waals surface area (Å²) in [4.78, 5) is 0.530. The molecule has 0 bridgehead atoms. The molecule has 1 unspecified atom stereocenters. The maximum absolute atomic E-state index is 11.4. The molecule has 0 aliphatic heterocycles. The highest BCUT2D eigenvalue weighted by Gasteiger charge is 2.07. The maximum atomic E-state index is 11.4. The van der Waals surface area contributed by atoms with Crippen molar-refractivity contribution in [2.24, 2.45) is 0 Å². The third kappa shape index (κ3) is 1.58. The lowest BCUT2D eigenvalue weighted by Gasteiger charge is -2.07. The average molecular weight is 184 g/mol. The average Bonchev–Trinajstić information content (AvgIpc) is 1.92. The minimum Gasteiger partial charge on any atom is -0.398 e. The monoisotopic (exact) mass is 184 g/mol. The standard InChI is InChI=1S/C8H12N2OS/c1-6-7(9)4-3-5-8(6)12(2,10)11/h3-5,10H,9H2,1-2H3. The molecule has 0 aliphatic rings. The molecule has 3 N–H and O–H groups in total. The van der Waals surface area contributed by atoms with Crippen LogP contribution in [0.5, 0.6) is 0 Å². The van der Waals surface area contributed by atoms with E-state index in [1.54, 1.807) is 25.1 Å². The molecule has 3 nitrogen and oxygen atoms in total. The second kappa shape index (κ2) is 2.79. The molecule has 0 aromatic heterocycles. The largest absolute Gasteiger partial charge is 0.398 e. The predicted molar refractivity (Wildman–Crippen MR) is 50.6 cm³/mol. The van der Waals surface area contributed by atoms with Gasteiger partial charge in [0.1, 0.15) is 0 Å². The van der Waals surface area contributed by atoms with Crippen molar-refractivity contribution in [3.8, 4) is 0 Å². The van der Waals surface area contributed by atoms with Gasteiger partial charge in [0.05, 0.1) is 14.6 Å². The summed E-state index contributed by atoms with van der Waals surface area (Å²) < 4.78 is 18.8. The third-order valence-corrected chi connectivity index (χ3v) is 3.03. The maximum Gasteiger partial charge on any atom is 0.0700 e. The van der Waals surface area contributed by atoms with Crippen LogP contribution in [0.15, 0.2) is 23.1 Å². The Balaban J connectivity index is 3.47. The van der Waals surface area contributed by atoms with Crippen LogP contribution in [-0.2, 0) is 9.73 Å². The lowest BCUT2D eigenvalue weighted by molar-refractivity contribution is 0.678. The van der Waals surface area contributed by atoms with Gasteiger partial charge in [-0.25, -0.2) is 8.99 Å². The molecule has 0 amide bonds. The number of benzene rings is 1. The van der Waals surface area contributed by atoms with Crippen molar-refractivity contribution in [3.63, 3.8) is 0 Å². The molecule has 0 spiro atoms. The van der Waals surface area contributed by atoms with E-state index < -0.39 is 9.73 Å². The number of hydrogen-bond donors (Lipinski definition) is 2. The van der Waals surface area contributed by atoms with E-state index in [2.05, 4.69) is 0 Å². The number of nitrogens with two attached hydrogens (primary N) is 1. The fourth-order valence-corrected chi connectivity index (χ4v) is 2.09. The molecule has 1 aromatic rings. The zero-order valence-corrected chi connectivity index (χ0v) is 7.94. The topological polar surface area (TPSA) is 66.9 Å². The molecule has 4 heteroatoms. The van der Waals surface area contributed by atoms with Gasteiger partial charge in [-0.3, -0.25) is 0 Å². The van der Waals surface area contributed by atoms with Gasteiger partial charge in [-0.2, -0.15) is 0 Å². The Labute approximate surface area is 72.6 Å². The van der Waals surface area contributed by atoms with Crippen LogP contribution in [-0.4, -0.2) is 10.5 Å². The summed E-state index contributed by atoms with van der Waals surface area (Å²) in [6.45, 7) is 1.78. The molecule has 0 saturated carbocycles. The molecule has 0 fully saturated rings. The second-order valence-electron chi connectivity index (χ2n) is 2.81. The Morgan fingerprint density at radius 3 is 2.50 bits per heavy atom. The van der Waals surface area contributed by atoms with Crippen molar-refractivity contribution in [1.82, 2.24) is 0 Å². The Morgan fingerprint density at radius 2 is 2.08 bits per heavy atom. The molecule has 0 aliphatic carbocycles. The summed E-state index contributed by atoms with van der Waals surface area (Å²) in [5.41, 5.74) is 6.95. The van der Waals surface area contributed by atoms with Gasteiger partial charge in [0.15, 0.2) is 0 Å². The molecular weight excluding hydrogens is 172 g/mol. The quantitative estimate of drug-likeness (QED) is 0.651. The summed E-state index contributed by atoms with van der Waals surface area (Å²) >= 11 is 0. The highest BCUT2D eigenvalue weighted by molar-refractivity contribution is 7.91. The molecule has 1 aromatic carbocycles. The highest BCUT2D eigenvalue weighted by Crippen LogP contribution is 2.20.